The van der Waals surface area contributed by atoms with Gasteiger partial charge >= 0.3 is 0 Å². The molecule has 0 aromatic heterocycles. The lowest BCUT2D eigenvalue weighted by atomic mass is 10.0. The van der Waals surface area contributed by atoms with Crippen LogP contribution < -0.4 is 14.8 Å². The van der Waals surface area contributed by atoms with E-state index in [1.807, 2.05) is 18.7 Å². The van der Waals surface area contributed by atoms with Crippen molar-refractivity contribution in [3.63, 3.8) is 0 Å². The largest absolute Gasteiger partial charge is 0.496 e. The molecule has 1 saturated heterocycles. The summed E-state index contributed by atoms with van der Waals surface area (Å²) in [6.07, 6.45) is 1.50. The van der Waals surface area contributed by atoms with Crippen molar-refractivity contribution in [2.24, 2.45) is 5.92 Å². The number of nitrogens with one attached hydrogen (secondary N) is 1. The summed E-state index contributed by atoms with van der Waals surface area (Å²) in [6.45, 7) is 5.16. The number of methoxy groups -OCH3 is 2. The van der Waals surface area contributed by atoms with Gasteiger partial charge in [0.2, 0.25) is 5.91 Å². The summed E-state index contributed by atoms with van der Waals surface area (Å²) in [6, 6.07) is 5.30. The molecule has 0 spiro atoms. The molecular weight excluding hydrogens is 308 g/mol. The Labute approximate surface area is 143 Å². The van der Waals surface area contributed by atoms with Crippen LogP contribution in [0.25, 0.3) is 0 Å². The van der Waals surface area contributed by atoms with E-state index in [-0.39, 0.29) is 23.8 Å². The maximum atomic E-state index is 12.6. The van der Waals surface area contributed by atoms with Crippen LogP contribution in [-0.4, -0.2) is 50.1 Å². The summed E-state index contributed by atoms with van der Waals surface area (Å²) < 4.78 is 10.6. The molecule has 0 bridgehead atoms. The first-order chi connectivity index (χ1) is 11.5. The summed E-state index contributed by atoms with van der Waals surface area (Å²) in [7, 11) is 3.06. The second-order valence-electron chi connectivity index (χ2n) is 6.27. The van der Waals surface area contributed by atoms with Gasteiger partial charge in [-0.2, -0.15) is 0 Å². The minimum Gasteiger partial charge on any atom is -0.496 e. The van der Waals surface area contributed by atoms with E-state index >= 15 is 0 Å². The molecule has 24 heavy (non-hydrogen) atoms. The second-order valence-corrected chi connectivity index (χ2v) is 6.27. The van der Waals surface area contributed by atoms with E-state index in [4.69, 9.17) is 9.47 Å². The lowest BCUT2D eigenvalue weighted by Gasteiger charge is -2.33. The summed E-state index contributed by atoms with van der Waals surface area (Å²) in [5, 5.41) is 3.04. The fourth-order valence-corrected chi connectivity index (χ4v) is 2.94. The number of rotatable bonds is 5. The number of amides is 2. The summed E-state index contributed by atoms with van der Waals surface area (Å²) in [4.78, 5) is 26.5. The van der Waals surface area contributed by atoms with E-state index < -0.39 is 0 Å². The smallest absolute Gasteiger partial charge is 0.259 e. The van der Waals surface area contributed by atoms with Crippen LogP contribution in [0.1, 0.15) is 37.0 Å². The van der Waals surface area contributed by atoms with Gasteiger partial charge in [0, 0.05) is 25.0 Å². The molecule has 6 nitrogen and oxygen atoms in total. The lowest BCUT2D eigenvalue weighted by molar-refractivity contribution is -0.135. The van der Waals surface area contributed by atoms with Gasteiger partial charge in [-0.15, -0.1) is 0 Å². The molecule has 1 N–H and O–H groups in total. The van der Waals surface area contributed by atoms with Gasteiger partial charge in [0.15, 0.2) is 0 Å². The zero-order valence-corrected chi connectivity index (χ0v) is 14.8. The molecule has 1 aromatic carbocycles. The predicted octanol–water partition coefficient (Wildman–Crippen LogP) is 2.08. The van der Waals surface area contributed by atoms with Gasteiger partial charge in [0.1, 0.15) is 17.1 Å². The highest BCUT2D eigenvalue weighted by Gasteiger charge is 2.27. The number of nitrogens with zero attached hydrogens (tertiary/aromatic N) is 1. The fraction of sp³-hybridized carbons (Fsp3) is 0.556. The predicted molar refractivity (Wildman–Crippen MR) is 91.5 cm³/mol. The van der Waals surface area contributed by atoms with E-state index in [0.717, 1.165) is 12.8 Å². The zero-order valence-electron chi connectivity index (χ0n) is 14.8. The van der Waals surface area contributed by atoms with Crippen LogP contribution in [0.2, 0.25) is 0 Å². The third-order valence-electron chi connectivity index (χ3n) is 4.29. The van der Waals surface area contributed by atoms with Crippen LogP contribution in [0, 0.1) is 5.92 Å². The van der Waals surface area contributed by atoms with Crippen LogP contribution in [0.4, 0.5) is 0 Å². The molecule has 1 aliphatic rings. The van der Waals surface area contributed by atoms with E-state index in [9.17, 15) is 9.59 Å². The van der Waals surface area contributed by atoms with Crippen molar-refractivity contribution >= 4 is 11.8 Å². The molecule has 0 atom stereocenters. The van der Waals surface area contributed by atoms with Crippen molar-refractivity contribution in [3.05, 3.63) is 23.8 Å². The molecule has 1 fully saturated rings. The number of ether oxygens (including phenoxy) is 2. The van der Waals surface area contributed by atoms with Gasteiger partial charge in [-0.25, -0.2) is 0 Å². The fourth-order valence-electron chi connectivity index (χ4n) is 2.94. The number of likely N-dealkylation sites (tertiary alicyclic amines) is 1. The van der Waals surface area contributed by atoms with Crippen molar-refractivity contribution in [2.75, 3.05) is 27.3 Å². The first-order valence-electron chi connectivity index (χ1n) is 8.28. The van der Waals surface area contributed by atoms with Crippen molar-refractivity contribution in [2.45, 2.75) is 32.7 Å². The monoisotopic (exact) mass is 334 g/mol. The molecular formula is C18H26N2O4. The van der Waals surface area contributed by atoms with E-state index in [1.54, 1.807) is 18.2 Å². The summed E-state index contributed by atoms with van der Waals surface area (Å²) >= 11 is 0. The normalized spacial score (nSPS) is 15.3. The SMILES string of the molecule is COc1cccc(OC)c1C(=O)NC1CCN(C(=O)C(C)C)CC1. The number of piperidine rings is 1. The summed E-state index contributed by atoms with van der Waals surface area (Å²) in [5.74, 6) is 0.941. The highest BCUT2D eigenvalue weighted by Crippen LogP contribution is 2.28. The van der Waals surface area contributed by atoms with Crippen molar-refractivity contribution in [1.29, 1.82) is 0 Å². The zero-order chi connectivity index (χ0) is 17.7. The minimum absolute atomic E-state index is 0.00832. The number of carbonyl (C=O) groups excluding carboxylic acids is 2. The van der Waals surface area contributed by atoms with Gasteiger partial charge < -0.3 is 19.7 Å². The Morgan fingerprint density at radius 1 is 1.12 bits per heavy atom. The minimum atomic E-state index is -0.210. The highest BCUT2D eigenvalue weighted by atomic mass is 16.5. The van der Waals surface area contributed by atoms with Gasteiger partial charge in [-0.05, 0) is 25.0 Å². The molecule has 0 saturated carbocycles. The van der Waals surface area contributed by atoms with E-state index in [2.05, 4.69) is 5.32 Å². The molecule has 0 unspecified atom stereocenters. The molecule has 0 aliphatic carbocycles. The molecule has 1 heterocycles. The Kier molecular flexibility index (Phi) is 6.06. The standard InChI is InChI=1S/C18H26N2O4/c1-12(2)18(22)20-10-8-13(9-11-20)19-17(21)16-14(23-3)6-5-7-15(16)24-4/h5-7,12-13H,8-11H2,1-4H3,(H,19,21). The van der Waals surface area contributed by atoms with Gasteiger partial charge in [-0.3, -0.25) is 9.59 Å². The number of benzene rings is 1. The molecule has 1 aliphatic heterocycles. The Morgan fingerprint density at radius 2 is 1.67 bits per heavy atom. The maximum Gasteiger partial charge on any atom is 0.259 e. The molecule has 132 valence electrons. The maximum absolute atomic E-state index is 12.6. The molecule has 2 amide bonds. The van der Waals surface area contributed by atoms with Crippen LogP contribution in [-0.2, 0) is 4.79 Å². The first kappa shape index (κ1) is 18.1. The molecule has 6 heteroatoms. The number of carbonyl (C=O) groups is 2. The average molecular weight is 334 g/mol. The van der Waals surface area contributed by atoms with E-state index in [1.165, 1.54) is 14.2 Å². The van der Waals surface area contributed by atoms with Crippen molar-refractivity contribution < 1.29 is 19.1 Å². The van der Waals surface area contributed by atoms with Crippen molar-refractivity contribution in [3.8, 4) is 11.5 Å². The third kappa shape index (κ3) is 3.99. The Hall–Kier alpha value is -2.24. The average Bonchev–Trinajstić information content (AvgIpc) is 2.60. The van der Waals surface area contributed by atoms with Gasteiger partial charge in [0.05, 0.1) is 14.2 Å². The van der Waals surface area contributed by atoms with E-state index in [0.29, 0.717) is 30.2 Å². The quantitative estimate of drug-likeness (QED) is 0.895. The summed E-state index contributed by atoms with van der Waals surface area (Å²) in [5.41, 5.74) is 0.406. The Bertz CT molecular complexity index is 570. The molecule has 1 aromatic rings. The van der Waals surface area contributed by atoms with Gasteiger partial charge in [0.25, 0.3) is 5.91 Å². The number of hydrogen-bond acceptors (Lipinski definition) is 4. The van der Waals surface area contributed by atoms with Crippen LogP contribution in [0.15, 0.2) is 18.2 Å². The Morgan fingerprint density at radius 3 is 2.12 bits per heavy atom. The topological polar surface area (TPSA) is 67.9 Å². The molecule has 2 rings (SSSR count). The van der Waals surface area contributed by atoms with Crippen LogP contribution in [0.3, 0.4) is 0 Å². The second kappa shape index (κ2) is 8.04. The van der Waals surface area contributed by atoms with Crippen LogP contribution in [0.5, 0.6) is 11.5 Å². The van der Waals surface area contributed by atoms with Crippen molar-refractivity contribution in [1.82, 2.24) is 10.2 Å². The van der Waals surface area contributed by atoms with Crippen LogP contribution >= 0.6 is 0 Å². The van der Waals surface area contributed by atoms with Gasteiger partial charge in [-0.1, -0.05) is 19.9 Å². The Balaban J connectivity index is 2.01. The highest BCUT2D eigenvalue weighted by molar-refractivity contribution is 5.99. The number of hydrogen-bond donors (Lipinski definition) is 1. The molecule has 0 radical (unpaired) electrons. The first-order valence-corrected chi connectivity index (χ1v) is 8.28. The lowest BCUT2D eigenvalue weighted by Crippen LogP contribution is -2.47. The third-order valence-corrected chi connectivity index (χ3v) is 4.29.